The van der Waals surface area contributed by atoms with Gasteiger partial charge in [-0.15, -0.1) is 0 Å². The second kappa shape index (κ2) is 7.22. The molecule has 0 fully saturated rings. The second-order valence-corrected chi connectivity index (χ2v) is 6.14. The maximum atomic E-state index is 13.8. The summed E-state index contributed by atoms with van der Waals surface area (Å²) in [6.45, 7) is 7.62. The second-order valence-electron chi connectivity index (χ2n) is 5.73. The molecule has 0 radical (unpaired) electrons. The molecule has 19 heavy (non-hydrogen) atoms. The summed E-state index contributed by atoms with van der Waals surface area (Å²) in [5.41, 5.74) is -0.475. The minimum Gasteiger partial charge on any atom is -0.390 e. The summed E-state index contributed by atoms with van der Waals surface area (Å²) in [6, 6.07) is 4.88. The number of hydrogen-bond acceptors (Lipinski definition) is 2. The molecule has 1 rings (SSSR count). The van der Waals surface area contributed by atoms with Crippen molar-refractivity contribution in [3.8, 4) is 0 Å². The fraction of sp³-hybridized carbons (Fsp3) is 0.600. The largest absolute Gasteiger partial charge is 0.390 e. The van der Waals surface area contributed by atoms with Gasteiger partial charge in [-0.05, 0) is 44.0 Å². The highest BCUT2D eigenvalue weighted by Gasteiger charge is 2.22. The summed E-state index contributed by atoms with van der Waals surface area (Å²) in [6.07, 6.45) is 0.842. The summed E-state index contributed by atoms with van der Waals surface area (Å²) in [5, 5.41) is 13.7. The highest BCUT2D eigenvalue weighted by Crippen LogP contribution is 2.23. The Morgan fingerprint density at radius 2 is 2.11 bits per heavy atom. The lowest BCUT2D eigenvalue weighted by molar-refractivity contribution is 0.0505. The van der Waals surface area contributed by atoms with Crippen LogP contribution in [-0.2, 0) is 6.42 Å². The van der Waals surface area contributed by atoms with Gasteiger partial charge in [-0.25, -0.2) is 4.39 Å². The standard InChI is InChI=1S/C15H23ClFNO/c1-11(2)10-18-8-7-15(3,19)9-12-5-4-6-13(16)14(12)17/h4-6,11,18-19H,7-10H2,1-3H3. The van der Waals surface area contributed by atoms with Crippen LogP contribution in [0.3, 0.4) is 0 Å². The molecule has 2 N–H and O–H groups in total. The summed E-state index contributed by atoms with van der Waals surface area (Å²) in [4.78, 5) is 0. The quantitative estimate of drug-likeness (QED) is 0.753. The van der Waals surface area contributed by atoms with Gasteiger partial charge in [0, 0.05) is 6.42 Å². The third-order valence-corrected chi connectivity index (χ3v) is 3.29. The van der Waals surface area contributed by atoms with Gasteiger partial charge in [0.1, 0.15) is 5.82 Å². The lowest BCUT2D eigenvalue weighted by Gasteiger charge is -2.24. The Hall–Kier alpha value is -0.640. The molecule has 0 aliphatic carbocycles. The van der Waals surface area contributed by atoms with E-state index < -0.39 is 11.4 Å². The predicted octanol–water partition coefficient (Wildman–Crippen LogP) is 3.41. The van der Waals surface area contributed by atoms with Gasteiger partial charge >= 0.3 is 0 Å². The van der Waals surface area contributed by atoms with Crippen molar-refractivity contribution in [2.45, 2.75) is 39.2 Å². The van der Waals surface area contributed by atoms with Crippen LogP contribution in [0.4, 0.5) is 4.39 Å². The Morgan fingerprint density at radius 1 is 1.42 bits per heavy atom. The SMILES string of the molecule is CC(C)CNCCC(C)(O)Cc1cccc(Cl)c1F. The van der Waals surface area contributed by atoms with Gasteiger partial charge in [-0.2, -0.15) is 0 Å². The molecule has 0 aliphatic heterocycles. The lowest BCUT2D eigenvalue weighted by Crippen LogP contribution is -2.33. The highest BCUT2D eigenvalue weighted by atomic mass is 35.5. The van der Waals surface area contributed by atoms with Crippen molar-refractivity contribution in [2.24, 2.45) is 5.92 Å². The van der Waals surface area contributed by atoms with Crippen LogP contribution in [0.15, 0.2) is 18.2 Å². The Kier molecular flexibility index (Phi) is 6.24. The molecule has 0 saturated heterocycles. The molecular formula is C15H23ClFNO. The number of benzene rings is 1. The van der Waals surface area contributed by atoms with Crippen molar-refractivity contribution in [3.63, 3.8) is 0 Å². The van der Waals surface area contributed by atoms with Crippen LogP contribution in [0.2, 0.25) is 5.02 Å². The molecule has 1 aromatic rings. The van der Waals surface area contributed by atoms with Crippen molar-refractivity contribution in [3.05, 3.63) is 34.6 Å². The minimum absolute atomic E-state index is 0.103. The maximum absolute atomic E-state index is 13.8. The Balaban J connectivity index is 2.51. The Morgan fingerprint density at radius 3 is 2.74 bits per heavy atom. The van der Waals surface area contributed by atoms with E-state index in [0.29, 0.717) is 24.4 Å². The van der Waals surface area contributed by atoms with Gasteiger partial charge in [0.05, 0.1) is 10.6 Å². The zero-order chi connectivity index (χ0) is 14.5. The first-order valence-electron chi connectivity index (χ1n) is 6.68. The maximum Gasteiger partial charge on any atom is 0.145 e. The van der Waals surface area contributed by atoms with Crippen molar-refractivity contribution >= 4 is 11.6 Å². The van der Waals surface area contributed by atoms with E-state index in [1.807, 2.05) is 0 Å². The summed E-state index contributed by atoms with van der Waals surface area (Å²) < 4.78 is 13.8. The van der Waals surface area contributed by atoms with Crippen LogP contribution >= 0.6 is 11.6 Å². The monoisotopic (exact) mass is 287 g/mol. The summed E-state index contributed by atoms with van der Waals surface area (Å²) in [7, 11) is 0. The normalized spacial score (nSPS) is 14.7. The van der Waals surface area contributed by atoms with Crippen molar-refractivity contribution in [1.29, 1.82) is 0 Å². The average molecular weight is 288 g/mol. The van der Waals surface area contributed by atoms with E-state index in [9.17, 15) is 9.50 Å². The van der Waals surface area contributed by atoms with E-state index in [2.05, 4.69) is 19.2 Å². The van der Waals surface area contributed by atoms with Gasteiger partial charge in [0.2, 0.25) is 0 Å². The molecular weight excluding hydrogens is 265 g/mol. The van der Waals surface area contributed by atoms with Crippen molar-refractivity contribution < 1.29 is 9.50 Å². The van der Waals surface area contributed by atoms with Crippen molar-refractivity contribution in [2.75, 3.05) is 13.1 Å². The fourth-order valence-corrected chi connectivity index (χ4v) is 2.13. The zero-order valence-electron chi connectivity index (χ0n) is 11.8. The van der Waals surface area contributed by atoms with Gasteiger partial charge in [0.25, 0.3) is 0 Å². The molecule has 0 heterocycles. The molecule has 0 amide bonds. The molecule has 1 unspecified atom stereocenters. The first-order chi connectivity index (χ1) is 8.82. The Bertz CT molecular complexity index is 407. The first kappa shape index (κ1) is 16.4. The van der Waals surface area contributed by atoms with Crippen molar-refractivity contribution in [1.82, 2.24) is 5.32 Å². The molecule has 0 aliphatic rings. The average Bonchev–Trinajstić information content (AvgIpc) is 2.30. The number of rotatable bonds is 7. The highest BCUT2D eigenvalue weighted by molar-refractivity contribution is 6.30. The van der Waals surface area contributed by atoms with Crippen LogP contribution in [0.5, 0.6) is 0 Å². The molecule has 108 valence electrons. The van der Waals surface area contributed by atoms with E-state index >= 15 is 0 Å². The third kappa shape index (κ3) is 5.89. The topological polar surface area (TPSA) is 32.3 Å². The molecule has 4 heteroatoms. The number of halogens is 2. The van der Waals surface area contributed by atoms with Crippen LogP contribution < -0.4 is 5.32 Å². The fourth-order valence-electron chi connectivity index (χ4n) is 1.93. The van der Waals surface area contributed by atoms with E-state index in [4.69, 9.17) is 11.6 Å². The molecule has 0 bridgehead atoms. The van der Waals surface area contributed by atoms with Crippen LogP contribution in [0.25, 0.3) is 0 Å². The van der Waals surface area contributed by atoms with E-state index in [1.54, 1.807) is 19.1 Å². The molecule has 1 aromatic carbocycles. The Labute approximate surface area is 120 Å². The summed E-state index contributed by atoms with van der Waals surface area (Å²) >= 11 is 5.74. The van der Waals surface area contributed by atoms with E-state index in [0.717, 1.165) is 6.54 Å². The molecule has 1 atom stereocenters. The summed E-state index contributed by atoms with van der Waals surface area (Å²) in [5.74, 6) is 0.148. The van der Waals surface area contributed by atoms with Gasteiger partial charge in [-0.1, -0.05) is 37.6 Å². The van der Waals surface area contributed by atoms with E-state index in [-0.39, 0.29) is 11.4 Å². The van der Waals surface area contributed by atoms with Crippen LogP contribution in [0, 0.1) is 11.7 Å². The number of nitrogens with one attached hydrogen (secondary N) is 1. The predicted molar refractivity (Wildman–Crippen MR) is 78.1 cm³/mol. The zero-order valence-corrected chi connectivity index (χ0v) is 12.6. The van der Waals surface area contributed by atoms with Gasteiger partial charge < -0.3 is 10.4 Å². The third-order valence-electron chi connectivity index (χ3n) is 3.00. The smallest absolute Gasteiger partial charge is 0.145 e. The van der Waals surface area contributed by atoms with Crippen LogP contribution in [0.1, 0.15) is 32.8 Å². The van der Waals surface area contributed by atoms with E-state index in [1.165, 1.54) is 6.07 Å². The minimum atomic E-state index is -0.935. The molecule has 2 nitrogen and oxygen atoms in total. The first-order valence-corrected chi connectivity index (χ1v) is 7.05. The van der Waals surface area contributed by atoms with Crippen LogP contribution in [-0.4, -0.2) is 23.8 Å². The molecule has 0 spiro atoms. The molecule has 0 saturated carbocycles. The number of aliphatic hydroxyl groups is 1. The number of hydrogen-bond donors (Lipinski definition) is 2. The molecule has 0 aromatic heterocycles. The lowest BCUT2D eigenvalue weighted by atomic mass is 9.93. The van der Waals surface area contributed by atoms with Gasteiger partial charge in [0.15, 0.2) is 0 Å². The van der Waals surface area contributed by atoms with Gasteiger partial charge in [-0.3, -0.25) is 0 Å².